The van der Waals surface area contributed by atoms with Crippen LogP contribution in [-0.2, 0) is 20.8 Å². The van der Waals surface area contributed by atoms with Gasteiger partial charge in [0.25, 0.3) is 0 Å². The van der Waals surface area contributed by atoms with Crippen LogP contribution in [0.1, 0.15) is 12.0 Å². The first-order valence-corrected chi connectivity index (χ1v) is 11.6. The van der Waals surface area contributed by atoms with Gasteiger partial charge in [0.15, 0.2) is 0 Å². The van der Waals surface area contributed by atoms with Gasteiger partial charge in [-0.05, 0) is 53.9 Å². The molecule has 7 rings (SSSR count). The van der Waals surface area contributed by atoms with Crippen molar-refractivity contribution in [1.82, 2.24) is 4.90 Å². The second-order valence-corrected chi connectivity index (χ2v) is 9.84. The highest BCUT2D eigenvalue weighted by Gasteiger charge is 2.67. The minimum Gasteiger partial charge on any atom is -0.324 e. The molecule has 3 fully saturated rings. The van der Waals surface area contributed by atoms with E-state index in [2.05, 4.69) is 17.5 Å². The van der Waals surface area contributed by atoms with E-state index in [0.29, 0.717) is 22.5 Å². The number of nitrogens with one attached hydrogen (secondary N) is 1. The molecule has 1 aliphatic heterocycles. The van der Waals surface area contributed by atoms with Gasteiger partial charge in [0.1, 0.15) is 6.04 Å². The molecular formula is C26H23ClN2O3. The lowest BCUT2D eigenvalue weighted by molar-refractivity contribution is -0.146. The smallest absolute Gasteiger partial charge is 0.248 e. The summed E-state index contributed by atoms with van der Waals surface area (Å²) < 4.78 is 0. The third-order valence-electron chi connectivity index (χ3n) is 7.68. The van der Waals surface area contributed by atoms with Crippen LogP contribution in [0.4, 0.5) is 5.69 Å². The first kappa shape index (κ1) is 19.7. The summed E-state index contributed by atoms with van der Waals surface area (Å²) >= 11 is 6.07. The van der Waals surface area contributed by atoms with E-state index in [9.17, 15) is 14.4 Å². The van der Waals surface area contributed by atoms with Gasteiger partial charge in [-0.2, -0.15) is 0 Å². The minimum atomic E-state index is -0.905. The van der Waals surface area contributed by atoms with Crippen LogP contribution >= 0.6 is 11.6 Å². The molecule has 5 aliphatic rings. The highest BCUT2D eigenvalue weighted by Crippen LogP contribution is 2.65. The minimum absolute atomic E-state index is 0.129. The fraction of sp³-hybridized carbons (Fsp3) is 0.346. The highest BCUT2D eigenvalue weighted by molar-refractivity contribution is 6.30. The van der Waals surface area contributed by atoms with E-state index in [-0.39, 0.29) is 47.8 Å². The van der Waals surface area contributed by atoms with Crippen LogP contribution in [-0.4, -0.2) is 28.7 Å². The number of hydrogen-bond donors (Lipinski definition) is 1. The van der Waals surface area contributed by atoms with Crippen molar-refractivity contribution in [3.63, 3.8) is 0 Å². The number of rotatable bonds is 5. The highest BCUT2D eigenvalue weighted by atomic mass is 35.5. The normalized spacial score (nSPS) is 32.5. The van der Waals surface area contributed by atoms with Crippen LogP contribution in [0.2, 0.25) is 5.02 Å². The summed E-state index contributed by atoms with van der Waals surface area (Å²) in [7, 11) is 0. The Kier molecular flexibility index (Phi) is 4.51. The topological polar surface area (TPSA) is 66.5 Å². The van der Waals surface area contributed by atoms with Crippen molar-refractivity contribution in [2.45, 2.75) is 18.9 Å². The number of amides is 3. The number of benzene rings is 2. The zero-order chi connectivity index (χ0) is 22.0. The number of likely N-dealkylation sites (tertiary alicyclic amines) is 1. The van der Waals surface area contributed by atoms with E-state index in [4.69, 9.17) is 11.6 Å². The van der Waals surface area contributed by atoms with Crippen LogP contribution in [0.3, 0.4) is 0 Å². The summed E-state index contributed by atoms with van der Waals surface area (Å²) in [5, 5.41) is 3.38. The molecule has 2 aromatic rings. The zero-order valence-electron chi connectivity index (χ0n) is 17.4. The van der Waals surface area contributed by atoms with Crippen LogP contribution in [0.25, 0.3) is 0 Å². The van der Waals surface area contributed by atoms with Gasteiger partial charge in [-0.15, -0.1) is 0 Å². The Hall–Kier alpha value is -2.92. The summed E-state index contributed by atoms with van der Waals surface area (Å²) in [5.41, 5.74) is 1.44. The first-order valence-electron chi connectivity index (χ1n) is 11.2. The molecule has 7 unspecified atom stereocenters. The van der Waals surface area contributed by atoms with Gasteiger partial charge in [0.2, 0.25) is 17.7 Å². The lowest BCUT2D eigenvalue weighted by Gasteiger charge is -2.37. The number of hydrogen-bond acceptors (Lipinski definition) is 3. The summed E-state index contributed by atoms with van der Waals surface area (Å²) in [6.45, 7) is 0. The maximum atomic E-state index is 13.6. The molecule has 2 aromatic carbocycles. The van der Waals surface area contributed by atoms with Crippen LogP contribution in [0.15, 0.2) is 66.7 Å². The Balaban J connectivity index is 1.33. The van der Waals surface area contributed by atoms with Crippen molar-refractivity contribution in [1.29, 1.82) is 0 Å². The Labute approximate surface area is 191 Å². The molecular weight excluding hydrogens is 424 g/mol. The molecule has 4 aliphatic carbocycles. The van der Waals surface area contributed by atoms with Crippen molar-refractivity contribution in [3.8, 4) is 0 Å². The van der Waals surface area contributed by atoms with E-state index in [1.165, 1.54) is 4.90 Å². The molecule has 1 saturated heterocycles. The molecule has 1 heterocycles. The van der Waals surface area contributed by atoms with Crippen molar-refractivity contribution >= 4 is 35.0 Å². The standard InChI is InChI=1S/C26H23ClN2O3/c27-15-7-4-8-16(12-15)28-24(30)21(11-14-5-2-1-3-6-14)29-25(31)22-17-9-10-18(20-13-19(17)20)23(22)26(29)32/h1-10,12,17-23H,11,13H2,(H,28,30). The molecule has 7 atom stereocenters. The summed E-state index contributed by atoms with van der Waals surface area (Å²) in [6.07, 6.45) is 5.68. The maximum absolute atomic E-state index is 13.6. The van der Waals surface area contributed by atoms with E-state index in [1.807, 2.05) is 30.3 Å². The van der Waals surface area contributed by atoms with Crippen LogP contribution < -0.4 is 5.32 Å². The number of anilines is 1. The number of halogens is 1. The maximum Gasteiger partial charge on any atom is 0.248 e. The third kappa shape index (κ3) is 3.02. The fourth-order valence-corrected chi connectivity index (χ4v) is 6.41. The monoisotopic (exact) mass is 446 g/mol. The third-order valence-corrected chi connectivity index (χ3v) is 7.91. The Morgan fingerprint density at radius 2 is 1.62 bits per heavy atom. The van der Waals surface area contributed by atoms with Crippen molar-refractivity contribution in [2.75, 3.05) is 5.32 Å². The Morgan fingerprint density at radius 3 is 2.25 bits per heavy atom. The number of carbonyl (C=O) groups is 3. The van der Waals surface area contributed by atoms with Crippen LogP contribution in [0.5, 0.6) is 0 Å². The largest absolute Gasteiger partial charge is 0.324 e. The summed E-state index contributed by atoms with van der Waals surface area (Å²) in [6, 6.07) is 15.5. The summed E-state index contributed by atoms with van der Waals surface area (Å²) in [5.74, 6) is -0.0843. The molecule has 6 heteroatoms. The van der Waals surface area contributed by atoms with Crippen molar-refractivity contribution in [3.05, 3.63) is 77.3 Å². The number of imide groups is 1. The molecule has 1 N–H and O–H groups in total. The lowest BCUT2D eigenvalue weighted by atomic mass is 9.63. The molecule has 3 amide bonds. The second kappa shape index (κ2) is 7.31. The van der Waals surface area contributed by atoms with Gasteiger partial charge in [0.05, 0.1) is 11.8 Å². The lowest BCUT2D eigenvalue weighted by Crippen LogP contribution is -2.49. The van der Waals surface area contributed by atoms with Gasteiger partial charge >= 0.3 is 0 Å². The van der Waals surface area contributed by atoms with Crippen molar-refractivity contribution < 1.29 is 14.4 Å². The quantitative estimate of drug-likeness (QED) is 0.558. The number of carbonyl (C=O) groups excluding carboxylic acids is 3. The molecule has 2 bridgehead atoms. The van der Waals surface area contributed by atoms with Crippen molar-refractivity contribution in [2.24, 2.45) is 35.5 Å². The molecule has 0 spiro atoms. The van der Waals surface area contributed by atoms with E-state index in [1.54, 1.807) is 24.3 Å². The predicted molar refractivity (Wildman–Crippen MR) is 121 cm³/mol. The van der Waals surface area contributed by atoms with Crippen LogP contribution in [0, 0.1) is 35.5 Å². The Bertz CT molecular complexity index is 1110. The van der Waals surface area contributed by atoms with Gasteiger partial charge in [-0.25, -0.2) is 0 Å². The average molecular weight is 447 g/mol. The fourth-order valence-electron chi connectivity index (χ4n) is 6.22. The average Bonchev–Trinajstić information content (AvgIpc) is 3.57. The molecule has 162 valence electrons. The van der Waals surface area contributed by atoms with Gasteiger partial charge in [-0.3, -0.25) is 19.3 Å². The number of allylic oxidation sites excluding steroid dienone is 2. The number of nitrogens with zero attached hydrogens (tertiary/aromatic N) is 1. The SMILES string of the molecule is O=C(Nc1cccc(Cl)c1)C(Cc1ccccc1)N1C(=O)C2C3C=CC(C4CC34)C2C1=O. The summed E-state index contributed by atoms with van der Waals surface area (Å²) in [4.78, 5) is 42.0. The van der Waals surface area contributed by atoms with Gasteiger partial charge in [-0.1, -0.05) is 60.2 Å². The molecule has 32 heavy (non-hydrogen) atoms. The molecule has 5 nitrogen and oxygen atoms in total. The van der Waals surface area contributed by atoms with Gasteiger partial charge in [0, 0.05) is 17.1 Å². The zero-order valence-corrected chi connectivity index (χ0v) is 18.1. The van der Waals surface area contributed by atoms with E-state index >= 15 is 0 Å². The van der Waals surface area contributed by atoms with E-state index < -0.39 is 6.04 Å². The van der Waals surface area contributed by atoms with Gasteiger partial charge < -0.3 is 5.32 Å². The Morgan fingerprint density at radius 1 is 0.969 bits per heavy atom. The second-order valence-electron chi connectivity index (χ2n) is 9.41. The molecule has 0 radical (unpaired) electrons. The molecule has 0 aromatic heterocycles. The van der Waals surface area contributed by atoms with E-state index in [0.717, 1.165) is 12.0 Å². The molecule has 2 saturated carbocycles. The first-order chi connectivity index (χ1) is 15.5. The predicted octanol–water partition coefficient (Wildman–Crippen LogP) is 3.94.